The summed E-state index contributed by atoms with van der Waals surface area (Å²) in [5.74, 6) is 1.33. The second-order valence-electron chi connectivity index (χ2n) is 5.55. The minimum Gasteiger partial charge on any atom is -0.385 e. The maximum atomic E-state index is 5.23. The molecule has 0 bridgehead atoms. The third-order valence-corrected chi connectivity index (χ3v) is 4.36. The highest BCUT2D eigenvalue weighted by molar-refractivity contribution is 9.10. The first-order valence-corrected chi connectivity index (χ1v) is 8.40. The second kappa shape index (κ2) is 10.4. The highest BCUT2D eigenvalue weighted by Crippen LogP contribution is 2.21. The van der Waals surface area contributed by atoms with Crippen LogP contribution in [0.1, 0.15) is 32.3 Å². The first kappa shape index (κ1) is 17.7. The first-order valence-electron chi connectivity index (χ1n) is 7.61. The van der Waals surface area contributed by atoms with Gasteiger partial charge in [0.15, 0.2) is 0 Å². The lowest BCUT2D eigenvalue weighted by Crippen LogP contribution is -2.30. The average molecular weight is 342 g/mol. The Hall–Kier alpha value is -0.380. The molecule has 0 spiro atoms. The van der Waals surface area contributed by atoms with E-state index in [9.17, 15) is 0 Å². The van der Waals surface area contributed by atoms with Gasteiger partial charge in [-0.1, -0.05) is 41.9 Å². The van der Waals surface area contributed by atoms with E-state index < -0.39 is 0 Å². The second-order valence-corrected chi connectivity index (χ2v) is 6.47. The molecular weight excluding hydrogens is 314 g/mol. The quantitative estimate of drug-likeness (QED) is 0.641. The summed E-state index contributed by atoms with van der Waals surface area (Å²) in [5, 5.41) is 3.57. The van der Waals surface area contributed by atoms with Gasteiger partial charge in [-0.15, -0.1) is 0 Å². The van der Waals surface area contributed by atoms with E-state index in [0.29, 0.717) is 11.8 Å². The lowest BCUT2D eigenvalue weighted by Gasteiger charge is -2.24. The normalized spacial score (nSPS) is 14.2. The van der Waals surface area contributed by atoms with E-state index in [1.165, 1.54) is 12.0 Å². The number of nitrogens with one attached hydrogen (secondary N) is 1. The SMILES string of the molecule is CCCNCC(Cc1ccc(Br)cc1)C(C)CCOC. The number of hydrogen-bond donors (Lipinski definition) is 1. The fraction of sp³-hybridized carbons (Fsp3) is 0.647. The van der Waals surface area contributed by atoms with Crippen LogP contribution >= 0.6 is 15.9 Å². The molecule has 0 radical (unpaired) electrons. The van der Waals surface area contributed by atoms with Crippen molar-refractivity contribution in [1.82, 2.24) is 5.32 Å². The van der Waals surface area contributed by atoms with Gasteiger partial charge in [0, 0.05) is 18.2 Å². The number of ether oxygens (including phenoxy) is 1. The highest BCUT2D eigenvalue weighted by atomic mass is 79.9. The summed E-state index contributed by atoms with van der Waals surface area (Å²) in [6, 6.07) is 8.71. The summed E-state index contributed by atoms with van der Waals surface area (Å²) >= 11 is 3.50. The van der Waals surface area contributed by atoms with Crippen LogP contribution in [-0.2, 0) is 11.2 Å². The van der Waals surface area contributed by atoms with Crippen molar-refractivity contribution in [2.24, 2.45) is 11.8 Å². The van der Waals surface area contributed by atoms with Crippen molar-refractivity contribution in [3.8, 4) is 0 Å². The Balaban J connectivity index is 2.58. The van der Waals surface area contributed by atoms with Gasteiger partial charge < -0.3 is 10.1 Å². The molecule has 0 saturated carbocycles. The molecule has 0 aliphatic rings. The minimum absolute atomic E-state index is 0.665. The number of hydrogen-bond acceptors (Lipinski definition) is 2. The van der Waals surface area contributed by atoms with Crippen LogP contribution in [0, 0.1) is 11.8 Å². The van der Waals surface area contributed by atoms with Crippen LogP contribution in [0.4, 0.5) is 0 Å². The van der Waals surface area contributed by atoms with Gasteiger partial charge in [0.25, 0.3) is 0 Å². The van der Waals surface area contributed by atoms with Crippen LogP contribution in [0.25, 0.3) is 0 Å². The van der Waals surface area contributed by atoms with Gasteiger partial charge >= 0.3 is 0 Å². The predicted molar refractivity (Wildman–Crippen MR) is 90.2 cm³/mol. The van der Waals surface area contributed by atoms with E-state index in [1.54, 1.807) is 7.11 Å². The number of methoxy groups -OCH3 is 1. The maximum absolute atomic E-state index is 5.23. The summed E-state index contributed by atoms with van der Waals surface area (Å²) in [4.78, 5) is 0. The van der Waals surface area contributed by atoms with Crippen molar-refractivity contribution in [1.29, 1.82) is 0 Å². The molecule has 0 aliphatic heterocycles. The molecule has 20 heavy (non-hydrogen) atoms. The van der Waals surface area contributed by atoms with Crippen molar-refractivity contribution >= 4 is 15.9 Å². The molecule has 2 atom stereocenters. The zero-order valence-corrected chi connectivity index (χ0v) is 14.6. The fourth-order valence-corrected chi connectivity index (χ4v) is 2.67. The van der Waals surface area contributed by atoms with Crippen LogP contribution < -0.4 is 5.32 Å². The molecule has 1 aromatic carbocycles. The van der Waals surface area contributed by atoms with Crippen molar-refractivity contribution in [3.63, 3.8) is 0 Å². The topological polar surface area (TPSA) is 21.3 Å². The van der Waals surface area contributed by atoms with E-state index in [4.69, 9.17) is 4.74 Å². The van der Waals surface area contributed by atoms with Gasteiger partial charge in [-0.3, -0.25) is 0 Å². The zero-order valence-electron chi connectivity index (χ0n) is 13.0. The summed E-state index contributed by atoms with van der Waals surface area (Å²) in [7, 11) is 1.78. The minimum atomic E-state index is 0.665. The molecule has 1 rings (SSSR count). The summed E-state index contributed by atoms with van der Waals surface area (Å²) in [6.07, 6.45) is 3.46. The Bertz CT molecular complexity index is 353. The van der Waals surface area contributed by atoms with Crippen LogP contribution in [-0.4, -0.2) is 26.8 Å². The molecule has 0 aromatic heterocycles. The van der Waals surface area contributed by atoms with E-state index in [1.807, 2.05) is 0 Å². The Morgan fingerprint density at radius 1 is 1.25 bits per heavy atom. The zero-order chi connectivity index (χ0) is 14.8. The molecule has 0 aliphatic carbocycles. The molecule has 0 amide bonds. The van der Waals surface area contributed by atoms with Crippen LogP contribution in [0.5, 0.6) is 0 Å². The van der Waals surface area contributed by atoms with E-state index in [2.05, 4.69) is 59.4 Å². The lowest BCUT2D eigenvalue weighted by atomic mass is 9.86. The molecule has 0 fully saturated rings. The smallest absolute Gasteiger partial charge is 0.0464 e. The van der Waals surface area contributed by atoms with Crippen molar-refractivity contribution in [2.75, 3.05) is 26.8 Å². The van der Waals surface area contributed by atoms with Crippen molar-refractivity contribution in [3.05, 3.63) is 34.3 Å². The van der Waals surface area contributed by atoms with Crippen LogP contribution in [0.2, 0.25) is 0 Å². The van der Waals surface area contributed by atoms with Crippen LogP contribution in [0.3, 0.4) is 0 Å². The molecule has 1 N–H and O–H groups in total. The molecule has 2 nitrogen and oxygen atoms in total. The van der Waals surface area contributed by atoms with Gasteiger partial charge in [0.05, 0.1) is 0 Å². The summed E-state index contributed by atoms with van der Waals surface area (Å²) < 4.78 is 6.38. The standard InChI is InChI=1S/C17H28BrNO/c1-4-10-19-13-16(14(2)9-11-20-3)12-15-5-7-17(18)8-6-15/h5-8,14,16,19H,4,9-13H2,1-3H3. The van der Waals surface area contributed by atoms with E-state index in [-0.39, 0.29) is 0 Å². The Morgan fingerprint density at radius 2 is 1.95 bits per heavy atom. The lowest BCUT2D eigenvalue weighted by molar-refractivity contribution is 0.164. The number of benzene rings is 1. The third-order valence-electron chi connectivity index (χ3n) is 3.83. The maximum Gasteiger partial charge on any atom is 0.0464 e. The van der Waals surface area contributed by atoms with Gasteiger partial charge in [0.1, 0.15) is 0 Å². The van der Waals surface area contributed by atoms with E-state index >= 15 is 0 Å². The van der Waals surface area contributed by atoms with E-state index in [0.717, 1.165) is 37.0 Å². The van der Waals surface area contributed by atoms with Crippen molar-refractivity contribution in [2.45, 2.75) is 33.1 Å². The van der Waals surface area contributed by atoms with Gasteiger partial charge in [-0.25, -0.2) is 0 Å². The molecular formula is C17H28BrNO. The van der Waals surface area contributed by atoms with Gasteiger partial charge in [-0.2, -0.15) is 0 Å². The number of rotatable bonds is 10. The van der Waals surface area contributed by atoms with Gasteiger partial charge in [-0.05, 0) is 61.9 Å². The molecule has 1 aromatic rings. The fourth-order valence-electron chi connectivity index (χ4n) is 2.40. The third kappa shape index (κ3) is 6.87. The Morgan fingerprint density at radius 3 is 2.55 bits per heavy atom. The van der Waals surface area contributed by atoms with Crippen LogP contribution in [0.15, 0.2) is 28.7 Å². The Kier molecular flexibility index (Phi) is 9.16. The molecule has 2 unspecified atom stereocenters. The molecule has 3 heteroatoms. The monoisotopic (exact) mass is 341 g/mol. The average Bonchev–Trinajstić information content (AvgIpc) is 2.46. The molecule has 114 valence electrons. The predicted octanol–water partition coefficient (Wildman–Crippen LogP) is 4.28. The Labute approximate surface area is 132 Å². The van der Waals surface area contributed by atoms with Gasteiger partial charge in [0.2, 0.25) is 0 Å². The van der Waals surface area contributed by atoms with Crippen molar-refractivity contribution < 1.29 is 4.74 Å². The first-order chi connectivity index (χ1) is 9.67. The largest absolute Gasteiger partial charge is 0.385 e. The highest BCUT2D eigenvalue weighted by Gasteiger charge is 2.17. The molecule has 0 saturated heterocycles. The summed E-state index contributed by atoms with van der Waals surface area (Å²) in [6.45, 7) is 7.61. The molecule has 0 heterocycles. The number of halogens is 1. The summed E-state index contributed by atoms with van der Waals surface area (Å²) in [5.41, 5.74) is 1.42.